The molecule has 0 radical (unpaired) electrons. The highest BCUT2D eigenvalue weighted by Crippen LogP contribution is 2.42. The first-order valence-corrected chi connectivity index (χ1v) is 11.7. The summed E-state index contributed by atoms with van der Waals surface area (Å²) in [5.41, 5.74) is 1.16. The van der Waals surface area contributed by atoms with Crippen LogP contribution in [0.4, 0.5) is 13.2 Å². The van der Waals surface area contributed by atoms with Crippen LogP contribution >= 0.6 is 34.5 Å². The van der Waals surface area contributed by atoms with Crippen LogP contribution in [0.25, 0.3) is 27.4 Å². The molecular formula is C18H10Cl2F3N5O2S2. The van der Waals surface area contributed by atoms with Crippen LogP contribution in [0.15, 0.2) is 53.3 Å². The zero-order chi connectivity index (χ0) is 23.3. The molecule has 14 heteroatoms. The topological polar surface area (TPSA) is 104 Å². The highest BCUT2D eigenvalue weighted by atomic mass is 35.5. The predicted octanol–water partition coefficient (Wildman–Crippen LogP) is 5.03. The van der Waals surface area contributed by atoms with Gasteiger partial charge in [0.05, 0.1) is 33.0 Å². The summed E-state index contributed by atoms with van der Waals surface area (Å²) in [6, 6.07) is 6.91. The number of aromatic nitrogens is 4. The van der Waals surface area contributed by atoms with E-state index in [0.717, 1.165) is 21.8 Å². The van der Waals surface area contributed by atoms with Crippen LogP contribution in [-0.4, -0.2) is 28.2 Å². The van der Waals surface area contributed by atoms with Gasteiger partial charge in [0.15, 0.2) is 10.7 Å². The molecule has 0 spiro atoms. The second-order valence-corrected chi connectivity index (χ2v) is 9.56. The van der Waals surface area contributed by atoms with Gasteiger partial charge in [-0.1, -0.05) is 35.3 Å². The van der Waals surface area contributed by atoms with Gasteiger partial charge in [0.25, 0.3) is 10.0 Å². The standard InChI is InChI=1S/C18H10Cl2F3N5O2S2/c19-12-5-9(1-3-11(12)13-7-25-8-31-13)16-15(20)17(18(21,22)23)27-28(16)10-2-4-14(26-6-10)32(24,29)30/h1-8H,(H2,24,29,30). The number of sulfonamides is 1. The van der Waals surface area contributed by atoms with E-state index in [9.17, 15) is 21.6 Å². The van der Waals surface area contributed by atoms with Crippen molar-refractivity contribution in [1.82, 2.24) is 19.7 Å². The summed E-state index contributed by atoms with van der Waals surface area (Å²) in [6.07, 6.45) is -2.19. The molecule has 32 heavy (non-hydrogen) atoms. The highest BCUT2D eigenvalue weighted by Gasteiger charge is 2.39. The van der Waals surface area contributed by atoms with Gasteiger partial charge in [-0.15, -0.1) is 11.3 Å². The molecule has 0 saturated heterocycles. The van der Waals surface area contributed by atoms with Gasteiger partial charge < -0.3 is 0 Å². The Morgan fingerprint density at radius 1 is 1.09 bits per heavy atom. The van der Waals surface area contributed by atoms with Crippen LogP contribution in [-0.2, 0) is 16.2 Å². The van der Waals surface area contributed by atoms with Gasteiger partial charge in [-0.25, -0.2) is 23.2 Å². The van der Waals surface area contributed by atoms with Gasteiger partial charge in [-0.2, -0.15) is 18.3 Å². The maximum Gasteiger partial charge on any atom is 0.436 e. The molecule has 0 fully saturated rings. The third-order valence-electron chi connectivity index (χ3n) is 4.29. The van der Waals surface area contributed by atoms with Gasteiger partial charge in [0, 0.05) is 22.3 Å². The van der Waals surface area contributed by atoms with Crippen LogP contribution in [0.2, 0.25) is 10.0 Å². The van der Waals surface area contributed by atoms with Crippen molar-refractivity contribution in [3.05, 3.63) is 64.0 Å². The second-order valence-electron chi connectivity index (χ2n) is 6.38. The van der Waals surface area contributed by atoms with Crippen molar-refractivity contribution < 1.29 is 21.6 Å². The Bertz CT molecular complexity index is 1400. The highest BCUT2D eigenvalue weighted by molar-refractivity contribution is 7.89. The third-order valence-corrected chi connectivity index (χ3v) is 6.59. The summed E-state index contributed by atoms with van der Waals surface area (Å²) in [6.45, 7) is 0. The number of thiazole rings is 1. The van der Waals surface area contributed by atoms with E-state index in [4.69, 9.17) is 28.3 Å². The Morgan fingerprint density at radius 3 is 2.38 bits per heavy atom. The first kappa shape index (κ1) is 22.7. The minimum Gasteiger partial charge on any atom is -0.252 e. The number of primary sulfonamides is 1. The third kappa shape index (κ3) is 4.24. The van der Waals surface area contributed by atoms with Crippen molar-refractivity contribution >= 4 is 44.6 Å². The molecule has 0 saturated carbocycles. The van der Waals surface area contributed by atoms with Crippen molar-refractivity contribution in [3.63, 3.8) is 0 Å². The molecule has 0 amide bonds. The number of nitrogens with two attached hydrogens (primary N) is 1. The monoisotopic (exact) mass is 519 g/mol. The van der Waals surface area contributed by atoms with E-state index in [2.05, 4.69) is 15.1 Å². The summed E-state index contributed by atoms with van der Waals surface area (Å²) in [5.74, 6) is 0. The predicted molar refractivity (Wildman–Crippen MR) is 114 cm³/mol. The molecule has 3 heterocycles. The van der Waals surface area contributed by atoms with E-state index in [1.165, 1.54) is 23.5 Å². The number of rotatable bonds is 4. The Labute approximate surface area is 193 Å². The maximum atomic E-state index is 13.5. The largest absolute Gasteiger partial charge is 0.436 e. The van der Waals surface area contributed by atoms with Crippen molar-refractivity contribution in [3.8, 4) is 27.4 Å². The zero-order valence-corrected chi connectivity index (χ0v) is 18.7. The van der Waals surface area contributed by atoms with Crippen molar-refractivity contribution in [2.75, 3.05) is 0 Å². The smallest absolute Gasteiger partial charge is 0.252 e. The summed E-state index contributed by atoms with van der Waals surface area (Å²) in [7, 11) is -4.09. The minimum absolute atomic E-state index is 0.0347. The molecule has 4 aromatic rings. The summed E-state index contributed by atoms with van der Waals surface area (Å²) in [4.78, 5) is 8.46. The number of nitrogens with zero attached hydrogens (tertiary/aromatic N) is 4. The van der Waals surface area contributed by atoms with Crippen LogP contribution in [0, 0.1) is 0 Å². The molecule has 0 atom stereocenters. The fourth-order valence-corrected chi connectivity index (χ4v) is 4.68. The molecular weight excluding hydrogens is 510 g/mol. The summed E-state index contributed by atoms with van der Waals surface area (Å²) in [5, 5.41) is 7.81. The minimum atomic E-state index is -4.84. The molecule has 1 aromatic carbocycles. The first-order valence-electron chi connectivity index (χ1n) is 8.50. The summed E-state index contributed by atoms with van der Waals surface area (Å²) >= 11 is 13.8. The maximum absolute atomic E-state index is 13.5. The van der Waals surface area contributed by atoms with Gasteiger partial charge in [0.2, 0.25) is 0 Å². The Hall–Kier alpha value is -2.51. The van der Waals surface area contributed by atoms with Gasteiger partial charge in [0.1, 0.15) is 0 Å². The van der Waals surface area contributed by atoms with Crippen LogP contribution in [0.1, 0.15) is 5.69 Å². The number of halogens is 5. The lowest BCUT2D eigenvalue weighted by Crippen LogP contribution is -2.14. The molecule has 7 nitrogen and oxygen atoms in total. The fourth-order valence-electron chi connectivity index (χ4n) is 2.89. The molecule has 0 bridgehead atoms. The first-order chi connectivity index (χ1) is 15.0. The number of hydrogen-bond donors (Lipinski definition) is 1. The average molecular weight is 520 g/mol. The molecule has 0 aliphatic heterocycles. The molecule has 0 aliphatic carbocycles. The molecule has 0 aliphatic rings. The van der Waals surface area contributed by atoms with Crippen molar-refractivity contribution in [2.24, 2.45) is 5.14 Å². The number of alkyl halides is 3. The Morgan fingerprint density at radius 2 is 1.84 bits per heavy atom. The second kappa shape index (κ2) is 8.12. The van der Waals surface area contributed by atoms with Crippen molar-refractivity contribution in [1.29, 1.82) is 0 Å². The van der Waals surface area contributed by atoms with Gasteiger partial charge in [-0.3, -0.25) is 4.98 Å². The number of hydrogen-bond acceptors (Lipinski definition) is 6. The van der Waals surface area contributed by atoms with Gasteiger partial charge in [-0.05, 0) is 18.2 Å². The van der Waals surface area contributed by atoms with Crippen LogP contribution < -0.4 is 5.14 Å². The van der Waals surface area contributed by atoms with E-state index in [0.29, 0.717) is 5.56 Å². The normalized spacial score (nSPS) is 12.3. The summed E-state index contributed by atoms with van der Waals surface area (Å²) < 4.78 is 64.3. The molecule has 2 N–H and O–H groups in total. The SMILES string of the molecule is NS(=O)(=O)c1ccc(-n2nc(C(F)(F)F)c(Cl)c2-c2ccc(-c3cncs3)c(Cl)c2)cn1. The van der Waals surface area contributed by atoms with E-state index in [1.807, 2.05) is 0 Å². The van der Waals surface area contributed by atoms with E-state index >= 15 is 0 Å². The molecule has 4 rings (SSSR count). The Kier molecular flexibility index (Phi) is 5.75. The number of benzene rings is 1. The quantitative estimate of drug-likeness (QED) is 0.407. The lowest BCUT2D eigenvalue weighted by atomic mass is 10.1. The molecule has 0 unspecified atom stereocenters. The van der Waals surface area contributed by atoms with Crippen LogP contribution in [0.3, 0.4) is 0 Å². The number of pyridine rings is 1. The van der Waals surface area contributed by atoms with E-state index < -0.39 is 31.9 Å². The van der Waals surface area contributed by atoms with Crippen LogP contribution in [0.5, 0.6) is 0 Å². The lowest BCUT2D eigenvalue weighted by molar-refractivity contribution is -0.141. The fraction of sp³-hybridized carbons (Fsp3) is 0.0556. The van der Waals surface area contributed by atoms with E-state index in [1.54, 1.807) is 23.8 Å². The molecule has 3 aromatic heterocycles. The molecule has 166 valence electrons. The van der Waals surface area contributed by atoms with Gasteiger partial charge >= 0.3 is 6.18 Å². The average Bonchev–Trinajstić information content (AvgIpc) is 3.35. The lowest BCUT2D eigenvalue weighted by Gasteiger charge is -2.10. The zero-order valence-electron chi connectivity index (χ0n) is 15.5. The van der Waals surface area contributed by atoms with E-state index in [-0.39, 0.29) is 22.0 Å². The Balaban J connectivity index is 1.90. The van der Waals surface area contributed by atoms with Crippen molar-refractivity contribution in [2.45, 2.75) is 11.2 Å².